The van der Waals surface area contributed by atoms with Crippen LogP contribution >= 0.6 is 0 Å². The number of hydrogen-bond acceptors (Lipinski definition) is 4. The second kappa shape index (κ2) is 8.96. The van der Waals surface area contributed by atoms with E-state index in [1.165, 1.54) is 9.47 Å². The number of amides is 1. The van der Waals surface area contributed by atoms with Crippen molar-refractivity contribution in [1.29, 1.82) is 0 Å². The highest BCUT2D eigenvalue weighted by molar-refractivity contribution is 5.97. The van der Waals surface area contributed by atoms with Crippen LogP contribution in [0.25, 0.3) is 11.0 Å². The first-order valence-corrected chi connectivity index (χ1v) is 9.84. The number of carbonyl (C=O) groups excluding carboxylic acids is 1. The molecule has 1 heterocycles. The van der Waals surface area contributed by atoms with Crippen LogP contribution in [0.3, 0.4) is 0 Å². The Hall–Kier alpha value is -3.39. The van der Waals surface area contributed by atoms with Gasteiger partial charge in [-0.05, 0) is 49.4 Å². The van der Waals surface area contributed by atoms with Crippen molar-refractivity contribution >= 4 is 16.9 Å². The Morgan fingerprint density at radius 1 is 1.17 bits per heavy atom. The molecule has 30 heavy (non-hydrogen) atoms. The molecule has 0 saturated carbocycles. The van der Waals surface area contributed by atoms with Gasteiger partial charge in [-0.15, -0.1) is 0 Å². The molecule has 0 radical (unpaired) electrons. The number of ether oxygens (including phenoxy) is 1. The van der Waals surface area contributed by atoms with Crippen molar-refractivity contribution in [2.45, 2.75) is 19.5 Å². The van der Waals surface area contributed by atoms with Crippen molar-refractivity contribution in [2.75, 3.05) is 27.7 Å². The zero-order valence-corrected chi connectivity index (χ0v) is 17.6. The molecule has 0 aliphatic rings. The highest BCUT2D eigenvalue weighted by Crippen LogP contribution is 2.16. The van der Waals surface area contributed by atoms with Gasteiger partial charge in [0.25, 0.3) is 5.91 Å². The number of methoxy groups -OCH3 is 1. The molecule has 158 valence electrons. The number of quaternary nitrogens is 1. The average Bonchev–Trinajstić information content (AvgIpc) is 2.74. The Morgan fingerprint density at radius 3 is 2.47 bits per heavy atom. The van der Waals surface area contributed by atoms with E-state index in [9.17, 15) is 14.4 Å². The number of hydrogen-bond donors (Lipinski definition) is 3. The number of aromatic amines is 1. The fourth-order valence-corrected chi connectivity index (χ4v) is 3.52. The van der Waals surface area contributed by atoms with Crippen molar-refractivity contribution in [2.24, 2.45) is 0 Å². The van der Waals surface area contributed by atoms with E-state index < -0.39 is 11.1 Å². The van der Waals surface area contributed by atoms with E-state index in [0.29, 0.717) is 29.7 Å². The molecule has 3 rings (SSSR count). The van der Waals surface area contributed by atoms with Gasteiger partial charge in [0.15, 0.2) is 0 Å². The van der Waals surface area contributed by atoms with E-state index in [1.54, 1.807) is 32.2 Å². The van der Waals surface area contributed by atoms with Crippen LogP contribution in [0, 0.1) is 0 Å². The Balaban J connectivity index is 1.82. The van der Waals surface area contributed by atoms with Gasteiger partial charge >= 0.3 is 11.1 Å². The number of nitrogens with one attached hydrogen (secondary N) is 3. The van der Waals surface area contributed by atoms with Crippen LogP contribution in [0.15, 0.2) is 52.1 Å². The molecule has 1 aromatic heterocycles. The minimum atomic E-state index is -0.697. The Bertz CT molecular complexity index is 1160. The lowest BCUT2D eigenvalue weighted by molar-refractivity contribution is -0.890. The fourth-order valence-electron chi connectivity index (χ4n) is 3.52. The number of fused-ring (bicyclic) bond motifs is 1. The van der Waals surface area contributed by atoms with Crippen molar-refractivity contribution in [3.8, 4) is 5.75 Å². The Morgan fingerprint density at radius 2 is 1.87 bits per heavy atom. The SMILES string of the molecule is CCn1c(=O)c(=O)[nH]c2cc(C(=O)NC[C@H](c3ccc(OC)cc3)[NH+](C)C)ccc21. The van der Waals surface area contributed by atoms with Gasteiger partial charge < -0.3 is 24.5 Å². The Labute approximate surface area is 174 Å². The smallest absolute Gasteiger partial charge is 0.316 e. The van der Waals surface area contributed by atoms with Gasteiger partial charge in [-0.25, -0.2) is 0 Å². The zero-order valence-electron chi connectivity index (χ0n) is 17.6. The summed E-state index contributed by atoms with van der Waals surface area (Å²) in [4.78, 5) is 40.4. The van der Waals surface area contributed by atoms with Crippen LogP contribution in [0.1, 0.15) is 28.9 Å². The molecular formula is C22H27N4O4+. The summed E-state index contributed by atoms with van der Waals surface area (Å²) in [6.07, 6.45) is 0. The van der Waals surface area contributed by atoms with Crippen molar-refractivity contribution in [1.82, 2.24) is 14.9 Å². The third-order valence-electron chi connectivity index (χ3n) is 5.24. The van der Waals surface area contributed by atoms with E-state index in [4.69, 9.17) is 4.74 Å². The molecule has 2 aromatic carbocycles. The summed E-state index contributed by atoms with van der Waals surface area (Å²) in [7, 11) is 5.69. The standard InChI is InChI=1S/C22H26N4O4/c1-5-26-18-11-8-15(12-17(18)24-21(28)22(26)29)20(27)23-13-19(25(2)3)14-6-9-16(30-4)10-7-14/h6-12,19H,5,13H2,1-4H3,(H,23,27)(H,24,28)/p+1/t19-/m1/s1. The van der Waals surface area contributed by atoms with Gasteiger partial charge in [-0.2, -0.15) is 0 Å². The summed E-state index contributed by atoms with van der Waals surface area (Å²) < 4.78 is 6.60. The quantitative estimate of drug-likeness (QED) is 0.488. The molecule has 0 fully saturated rings. The zero-order chi connectivity index (χ0) is 21.8. The second-order valence-corrected chi connectivity index (χ2v) is 7.35. The molecule has 1 atom stereocenters. The molecule has 3 aromatic rings. The molecule has 0 aliphatic carbocycles. The fraction of sp³-hybridized carbons (Fsp3) is 0.318. The van der Waals surface area contributed by atoms with E-state index in [0.717, 1.165) is 11.3 Å². The maximum atomic E-state index is 12.8. The number of aryl methyl sites for hydroxylation is 1. The van der Waals surface area contributed by atoms with Crippen molar-refractivity contribution in [3.63, 3.8) is 0 Å². The largest absolute Gasteiger partial charge is 0.497 e. The lowest BCUT2D eigenvalue weighted by Gasteiger charge is -2.22. The highest BCUT2D eigenvalue weighted by atomic mass is 16.5. The molecule has 8 nitrogen and oxygen atoms in total. The second-order valence-electron chi connectivity index (χ2n) is 7.35. The van der Waals surface area contributed by atoms with Gasteiger partial charge in [-0.3, -0.25) is 14.4 Å². The predicted molar refractivity (Wildman–Crippen MR) is 115 cm³/mol. The molecule has 0 aliphatic heterocycles. The summed E-state index contributed by atoms with van der Waals surface area (Å²) in [5, 5.41) is 2.98. The van der Waals surface area contributed by atoms with E-state index in [2.05, 4.69) is 10.3 Å². The van der Waals surface area contributed by atoms with Crippen LogP contribution in [0.4, 0.5) is 0 Å². The van der Waals surface area contributed by atoms with E-state index in [-0.39, 0.29) is 11.9 Å². The summed E-state index contributed by atoms with van der Waals surface area (Å²) in [6.45, 7) is 2.61. The predicted octanol–water partition coefficient (Wildman–Crippen LogP) is 0.334. The van der Waals surface area contributed by atoms with Crippen molar-refractivity contribution in [3.05, 3.63) is 74.3 Å². The molecule has 1 amide bonds. The van der Waals surface area contributed by atoms with Crippen LogP contribution in [0.2, 0.25) is 0 Å². The lowest BCUT2D eigenvalue weighted by Crippen LogP contribution is -3.07. The number of likely N-dealkylation sites (N-methyl/N-ethyl adjacent to an activating group) is 1. The number of H-pyrrole nitrogens is 1. The summed E-state index contributed by atoms with van der Waals surface area (Å²) in [6, 6.07) is 12.8. The lowest BCUT2D eigenvalue weighted by atomic mass is 10.1. The number of carbonyl (C=O) groups is 1. The van der Waals surface area contributed by atoms with Crippen molar-refractivity contribution < 1.29 is 14.4 Å². The topological polar surface area (TPSA) is 97.6 Å². The number of rotatable bonds is 7. The first-order chi connectivity index (χ1) is 14.3. The van der Waals surface area contributed by atoms with Crippen LogP contribution in [-0.4, -0.2) is 43.2 Å². The maximum absolute atomic E-state index is 12.8. The monoisotopic (exact) mass is 411 g/mol. The molecule has 8 heteroatoms. The highest BCUT2D eigenvalue weighted by Gasteiger charge is 2.19. The maximum Gasteiger partial charge on any atom is 0.316 e. The normalized spacial score (nSPS) is 12.2. The minimum absolute atomic E-state index is 0.0605. The molecular weight excluding hydrogens is 384 g/mol. The van der Waals surface area contributed by atoms with Crippen LogP contribution < -0.4 is 26.1 Å². The molecule has 0 spiro atoms. The molecule has 3 N–H and O–H groups in total. The third-order valence-corrected chi connectivity index (χ3v) is 5.24. The van der Waals surface area contributed by atoms with E-state index >= 15 is 0 Å². The van der Waals surface area contributed by atoms with Crippen LogP contribution in [-0.2, 0) is 6.54 Å². The van der Waals surface area contributed by atoms with Gasteiger partial charge in [0.1, 0.15) is 11.8 Å². The summed E-state index contributed by atoms with van der Waals surface area (Å²) >= 11 is 0. The van der Waals surface area contributed by atoms with Gasteiger partial charge in [0, 0.05) is 17.7 Å². The summed E-state index contributed by atoms with van der Waals surface area (Å²) in [5.74, 6) is 0.540. The van der Waals surface area contributed by atoms with Gasteiger partial charge in [0.05, 0.1) is 38.8 Å². The number of aromatic nitrogens is 2. The molecule has 0 saturated heterocycles. The molecule has 0 unspecified atom stereocenters. The van der Waals surface area contributed by atoms with Gasteiger partial charge in [-0.1, -0.05) is 0 Å². The average molecular weight is 411 g/mol. The molecule has 0 bridgehead atoms. The minimum Gasteiger partial charge on any atom is -0.497 e. The first kappa shape index (κ1) is 21.3. The van der Waals surface area contributed by atoms with Crippen LogP contribution in [0.5, 0.6) is 5.75 Å². The Kier molecular flexibility index (Phi) is 6.37. The van der Waals surface area contributed by atoms with Gasteiger partial charge in [0.2, 0.25) is 0 Å². The number of benzene rings is 2. The first-order valence-electron chi connectivity index (χ1n) is 9.84. The third kappa shape index (κ3) is 4.28. The summed E-state index contributed by atoms with van der Waals surface area (Å²) in [5.41, 5.74) is 1.26. The van der Waals surface area contributed by atoms with E-state index in [1.807, 2.05) is 38.4 Å². The number of nitrogens with zero attached hydrogens (tertiary/aromatic N) is 1.